The second kappa shape index (κ2) is 6.82. The van der Waals surface area contributed by atoms with E-state index in [4.69, 9.17) is 4.42 Å². The van der Waals surface area contributed by atoms with Gasteiger partial charge in [-0.2, -0.15) is 0 Å². The van der Waals surface area contributed by atoms with Gasteiger partial charge in [0.1, 0.15) is 0 Å². The summed E-state index contributed by atoms with van der Waals surface area (Å²) in [7, 11) is 0. The van der Waals surface area contributed by atoms with E-state index in [1.54, 1.807) is 12.1 Å². The molecule has 1 aromatic heterocycles. The molecule has 3 rings (SSSR count). The van der Waals surface area contributed by atoms with Crippen LogP contribution in [0.3, 0.4) is 0 Å². The first-order valence-electron chi connectivity index (χ1n) is 8.10. The van der Waals surface area contributed by atoms with Gasteiger partial charge in [-0.05, 0) is 49.4 Å². The summed E-state index contributed by atoms with van der Waals surface area (Å²) >= 11 is 0. The Morgan fingerprint density at radius 2 is 2.09 bits per heavy atom. The van der Waals surface area contributed by atoms with Crippen molar-refractivity contribution in [3.05, 3.63) is 59.5 Å². The molecular formula is C19H21NO3. The minimum atomic E-state index is -0.214. The largest absolute Gasteiger partial charge is 0.461 e. The number of ketones is 1. The monoisotopic (exact) mass is 311 g/mol. The number of carbonyl (C=O) groups is 2. The van der Waals surface area contributed by atoms with Crippen LogP contribution >= 0.6 is 0 Å². The average molecular weight is 311 g/mol. The van der Waals surface area contributed by atoms with Crippen LogP contribution in [0.4, 0.5) is 0 Å². The molecule has 0 spiro atoms. The number of hydrogen-bond donors (Lipinski definition) is 1. The van der Waals surface area contributed by atoms with Crippen LogP contribution in [0.25, 0.3) is 0 Å². The lowest BCUT2D eigenvalue weighted by molar-refractivity contribution is -0.123. The van der Waals surface area contributed by atoms with Gasteiger partial charge in [0.2, 0.25) is 5.91 Å². The van der Waals surface area contributed by atoms with E-state index in [9.17, 15) is 9.59 Å². The van der Waals surface area contributed by atoms with Crippen molar-refractivity contribution < 1.29 is 14.0 Å². The standard InChI is InChI=1S/C19H21NO3/c1-13(12-17(21)18-10-5-11-23-18)20-19(22)16-9-4-7-14-6-2-3-8-15(14)16/h2-3,5-6,8,10-11,13,16H,4,7,9,12H2,1H3,(H,20,22)/t13-,16-/m0/s1. The molecule has 0 bridgehead atoms. The van der Waals surface area contributed by atoms with Crippen molar-refractivity contribution in [1.29, 1.82) is 0 Å². The molecule has 0 saturated heterocycles. The Labute approximate surface area is 135 Å². The predicted octanol–water partition coefficient (Wildman–Crippen LogP) is 3.48. The number of Topliss-reactive ketones (excluding diaryl/α,β-unsaturated/α-hetero) is 1. The highest BCUT2D eigenvalue weighted by Crippen LogP contribution is 2.31. The molecule has 2 atom stereocenters. The quantitative estimate of drug-likeness (QED) is 0.860. The second-order valence-electron chi connectivity index (χ2n) is 6.16. The molecular weight excluding hydrogens is 290 g/mol. The maximum Gasteiger partial charge on any atom is 0.227 e. The molecule has 2 aromatic rings. The smallest absolute Gasteiger partial charge is 0.227 e. The van der Waals surface area contributed by atoms with Crippen LogP contribution in [0.2, 0.25) is 0 Å². The first kappa shape index (κ1) is 15.5. The number of amides is 1. The molecule has 1 aliphatic carbocycles. The maximum absolute atomic E-state index is 12.6. The summed E-state index contributed by atoms with van der Waals surface area (Å²) < 4.78 is 5.10. The Bertz CT molecular complexity index is 690. The molecule has 4 nitrogen and oxygen atoms in total. The molecule has 0 saturated carbocycles. The molecule has 4 heteroatoms. The second-order valence-corrected chi connectivity index (χ2v) is 6.16. The fourth-order valence-corrected chi connectivity index (χ4v) is 3.24. The van der Waals surface area contributed by atoms with Gasteiger partial charge in [-0.1, -0.05) is 24.3 Å². The summed E-state index contributed by atoms with van der Waals surface area (Å²) in [5.41, 5.74) is 2.39. The van der Waals surface area contributed by atoms with Gasteiger partial charge in [-0.15, -0.1) is 0 Å². The molecule has 0 unspecified atom stereocenters. The zero-order chi connectivity index (χ0) is 16.2. The summed E-state index contributed by atoms with van der Waals surface area (Å²) in [6.45, 7) is 1.85. The van der Waals surface area contributed by atoms with E-state index >= 15 is 0 Å². The zero-order valence-corrected chi connectivity index (χ0v) is 13.2. The van der Waals surface area contributed by atoms with Gasteiger partial charge >= 0.3 is 0 Å². The highest BCUT2D eigenvalue weighted by molar-refractivity contribution is 5.94. The van der Waals surface area contributed by atoms with Crippen molar-refractivity contribution in [1.82, 2.24) is 5.32 Å². The van der Waals surface area contributed by atoms with Crippen molar-refractivity contribution in [2.24, 2.45) is 0 Å². The first-order chi connectivity index (χ1) is 11.1. The number of carbonyl (C=O) groups excluding carboxylic acids is 2. The third-order valence-electron chi connectivity index (χ3n) is 4.36. The van der Waals surface area contributed by atoms with Crippen molar-refractivity contribution in [3.63, 3.8) is 0 Å². The molecule has 1 aliphatic rings. The summed E-state index contributed by atoms with van der Waals surface area (Å²) in [6.07, 6.45) is 4.64. The van der Waals surface area contributed by atoms with Gasteiger partial charge in [-0.3, -0.25) is 9.59 Å². The molecule has 1 N–H and O–H groups in total. The van der Waals surface area contributed by atoms with Crippen LogP contribution in [-0.2, 0) is 11.2 Å². The number of furan rings is 1. The van der Waals surface area contributed by atoms with Crippen LogP contribution in [-0.4, -0.2) is 17.7 Å². The molecule has 1 amide bonds. The van der Waals surface area contributed by atoms with Gasteiger partial charge in [0.05, 0.1) is 12.2 Å². The van der Waals surface area contributed by atoms with Crippen molar-refractivity contribution in [3.8, 4) is 0 Å². The van der Waals surface area contributed by atoms with Crippen LogP contribution in [0.15, 0.2) is 47.1 Å². The van der Waals surface area contributed by atoms with E-state index in [1.165, 1.54) is 11.8 Å². The Balaban J connectivity index is 1.62. The Hall–Kier alpha value is -2.36. The number of rotatable bonds is 5. The number of hydrogen-bond acceptors (Lipinski definition) is 3. The van der Waals surface area contributed by atoms with Gasteiger partial charge in [0.15, 0.2) is 11.5 Å². The van der Waals surface area contributed by atoms with Gasteiger partial charge < -0.3 is 9.73 Å². The molecule has 0 fully saturated rings. The summed E-state index contributed by atoms with van der Waals surface area (Å²) in [4.78, 5) is 24.6. The molecule has 0 aliphatic heterocycles. The van der Waals surface area contributed by atoms with Gasteiger partial charge in [-0.25, -0.2) is 0 Å². The highest BCUT2D eigenvalue weighted by Gasteiger charge is 2.27. The predicted molar refractivity (Wildman–Crippen MR) is 87.4 cm³/mol. The van der Waals surface area contributed by atoms with Crippen LogP contribution < -0.4 is 5.32 Å². The first-order valence-corrected chi connectivity index (χ1v) is 8.10. The number of nitrogens with one attached hydrogen (secondary N) is 1. The van der Waals surface area contributed by atoms with Crippen LogP contribution in [0.1, 0.15) is 53.8 Å². The number of benzene rings is 1. The van der Waals surface area contributed by atoms with Crippen molar-refractivity contribution in [2.75, 3.05) is 0 Å². The average Bonchev–Trinajstić information content (AvgIpc) is 3.08. The van der Waals surface area contributed by atoms with E-state index in [2.05, 4.69) is 11.4 Å². The van der Waals surface area contributed by atoms with Gasteiger partial charge in [0.25, 0.3) is 0 Å². The third-order valence-corrected chi connectivity index (χ3v) is 4.36. The third kappa shape index (κ3) is 3.52. The molecule has 0 radical (unpaired) electrons. The van der Waals surface area contributed by atoms with E-state index in [0.717, 1.165) is 24.8 Å². The number of aryl methyl sites for hydroxylation is 1. The van der Waals surface area contributed by atoms with E-state index in [0.29, 0.717) is 5.76 Å². The maximum atomic E-state index is 12.6. The minimum absolute atomic E-state index is 0.0110. The van der Waals surface area contributed by atoms with Crippen LogP contribution in [0, 0.1) is 0 Å². The van der Waals surface area contributed by atoms with E-state index in [-0.39, 0.29) is 30.1 Å². The minimum Gasteiger partial charge on any atom is -0.461 e. The lowest BCUT2D eigenvalue weighted by atomic mass is 9.82. The molecule has 1 heterocycles. The zero-order valence-electron chi connectivity index (χ0n) is 13.2. The van der Waals surface area contributed by atoms with Gasteiger partial charge in [0, 0.05) is 12.5 Å². The van der Waals surface area contributed by atoms with Crippen LogP contribution in [0.5, 0.6) is 0 Å². The Morgan fingerprint density at radius 3 is 2.87 bits per heavy atom. The molecule has 23 heavy (non-hydrogen) atoms. The van der Waals surface area contributed by atoms with E-state index in [1.807, 2.05) is 25.1 Å². The Kier molecular flexibility index (Phi) is 4.60. The normalized spacial score (nSPS) is 18.0. The fraction of sp³-hybridized carbons (Fsp3) is 0.368. The topological polar surface area (TPSA) is 59.3 Å². The Morgan fingerprint density at radius 1 is 1.26 bits per heavy atom. The lowest BCUT2D eigenvalue weighted by Gasteiger charge is -2.26. The SMILES string of the molecule is C[C@@H](CC(=O)c1ccco1)NC(=O)[C@H]1CCCc2ccccc21. The summed E-state index contributed by atoms with van der Waals surface area (Å²) in [5.74, 6) is 0.152. The van der Waals surface area contributed by atoms with E-state index < -0.39 is 0 Å². The van der Waals surface area contributed by atoms with Crippen molar-refractivity contribution >= 4 is 11.7 Å². The van der Waals surface area contributed by atoms with Crippen molar-refractivity contribution in [2.45, 2.75) is 44.6 Å². The lowest BCUT2D eigenvalue weighted by Crippen LogP contribution is -2.38. The molecule has 120 valence electrons. The molecule has 1 aromatic carbocycles. The summed E-state index contributed by atoms with van der Waals surface area (Å²) in [5, 5.41) is 2.98. The highest BCUT2D eigenvalue weighted by atomic mass is 16.3. The fourth-order valence-electron chi connectivity index (χ4n) is 3.24. The summed E-state index contributed by atoms with van der Waals surface area (Å²) in [6, 6.07) is 11.3. The number of fused-ring (bicyclic) bond motifs is 1.